The minimum atomic E-state index is 0.963. The molecule has 0 aromatic rings. The maximum atomic E-state index is 3.40. The third kappa shape index (κ3) is 5.42. The lowest BCUT2D eigenvalue weighted by atomic mass is 9.71. The Kier molecular flexibility index (Phi) is 7.92. The Morgan fingerprint density at radius 1 is 0.941 bits per heavy atom. The summed E-state index contributed by atoms with van der Waals surface area (Å²) in [4.78, 5) is 0. The molecule has 1 N–H and O–H groups in total. The van der Waals surface area contributed by atoms with Gasteiger partial charge in [-0.1, -0.05) is 58.8 Å². The van der Waals surface area contributed by atoms with Gasteiger partial charge in [0.2, 0.25) is 0 Å². The van der Waals surface area contributed by atoms with Crippen LogP contribution in [0.2, 0.25) is 0 Å². The molecule has 1 nitrogen and oxygen atoms in total. The van der Waals surface area contributed by atoms with Gasteiger partial charge in [0.15, 0.2) is 0 Å². The molecule has 0 bridgehead atoms. The summed E-state index contributed by atoms with van der Waals surface area (Å²) in [7, 11) is 2.11. The molecule has 3 atom stereocenters. The summed E-state index contributed by atoms with van der Waals surface area (Å²) in [6.07, 6.45) is 13.1. The van der Waals surface area contributed by atoms with E-state index in [4.69, 9.17) is 0 Å². The Bertz CT molecular complexity index is 178. The van der Waals surface area contributed by atoms with Crippen LogP contribution in [0.15, 0.2) is 0 Å². The van der Waals surface area contributed by atoms with Gasteiger partial charge in [0.05, 0.1) is 0 Å². The van der Waals surface area contributed by atoms with Crippen LogP contribution in [0.4, 0.5) is 0 Å². The average molecular weight is 239 g/mol. The average Bonchev–Trinajstić information content (AvgIpc) is 2.33. The minimum Gasteiger partial charge on any atom is -0.319 e. The highest BCUT2D eigenvalue weighted by atomic mass is 14.8. The molecule has 0 aromatic heterocycles. The fraction of sp³-hybridized carbons (Fsp3) is 1.00. The maximum Gasteiger partial charge on any atom is -0.00209 e. The zero-order valence-corrected chi connectivity index (χ0v) is 12.3. The van der Waals surface area contributed by atoms with Crippen LogP contribution in [-0.4, -0.2) is 13.6 Å². The van der Waals surface area contributed by atoms with Crippen LogP contribution in [0.1, 0.15) is 71.6 Å². The molecule has 1 saturated carbocycles. The van der Waals surface area contributed by atoms with Crippen LogP contribution in [0.3, 0.4) is 0 Å². The SMILES string of the molecule is CCCCCC1CC(CCC)CCC1CNC. The van der Waals surface area contributed by atoms with E-state index in [0.29, 0.717) is 0 Å². The normalized spacial score (nSPS) is 29.5. The maximum absolute atomic E-state index is 3.40. The van der Waals surface area contributed by atoms with Crippen molar-refractivity contribution >= 4 is 0 Å². The Morgan fingerprint density at radius 2 is 1.76 bits per heavy atom. The van der Waals surface area contributed by atoms with Gasteiger partial charge in [-0.25, -0.2) is 0 Å². The number of rotatable bonds is 8. The van der Waals surface area contributed by atoms with Crippen molar-refractivity contribution in [2.45, 2.75) is 71.6 Å². The lowest BCUT2D eigenvalue weighted by Gasteiger charge is -2.36. The van der Waals surface area contributed by atoms with E-state index in [2.05, 4.69) is 26.2 Å². The second-order valence-corrected chi connectivity index (χ2v) is 6.04. The van der Waals surface area contributed by atoms with Gasteiger partial charge in [0.25, 0.3) is 0 Å². The number of hydrogen-bond donors (Lipinski definition) is 1. The predicted octanol–water partition coefficient (Wildman–Crippen LogP) is 4.62. The van der Waals surface area contributed by atoms with Gasteiger partial charge < -0.3 is 5.32 Å². The summed E-state index contributed by atoms with van der Waals surface area (Å²) in [5.74, 6) is 3.02. The van der Waals surface area contributed by atoms with E-state index in [1.165, 1.54) is 64.3 Å². The van der Waals surface area contributed by atoms with Crippen LogP contribution in [0.25, 0.3) is 0 Å². The van der Waals surface area contributed by atoms with E-state index in [0.717, 1.165) is 17.8 Å². The molecule has 1 aliphatic carbocycles. The first-order valence-electron chi connectivity index (χ1n) is 7.96. The lowest BCUT2D eigenvalue weighted by Crippen LogP contribution is -2.31. The highest BCUT2D eigenvalue weighted by Crippen LogP contribution is 2.38. The van der Waals surface area contributed by atoms with Crippen molar-refractivity contribution in [1.82, 2.24) is 5.32 Å². The fourth-order valence-corrected chi connectivity index (χ4v) is 3.64. The standard InChI is InChI=1S/C16H33N/c1-4-6-7-9-15-12-14(8-5-2)10-11-16(15)13-17-3/h14-17H,4-13H2,1-3H3. The van der Waals surface area contributed by atoms with Crippen molar-refractivity contribution in [2.24, 2.45) is 17.8 Å². The molecule has 3 unspecified atom stereocenters. The highest BCUT2D eigenvalue weighted by molar-refractivity contribution is 4.81. The van der Waals surface area contributed by atoms with E-state index in [9.17, 15) is 0 Å². The first-order chi connectivity index (χ1) is 8.31. The molecular weight excluding hydrogens is 206 g/mol. The predicted molar refractivity (Wildman–Crippen MR) is 77.3 cm³/mol. The summed E-state index contributed by atoms with van der Waals surface area (Å²) in [5, 5.41) is 3.40. The first kappa shape index (κ1) is 15.0. The highest BCUT2D eigenvalue weighted by Gasteiger charge is 2.28. The number of nitrogens with one attached hydrogen (secondary N) is 1. The Hall–Kier alpha value is -0.0400. The van der Waals surface area contributed by atoms with Gasteiger partial charge >= 0.3 is 0 Å². The summed E-state index contributed by atoms with van der Waals surface area (Å²) in [6, 6.07) is 0. The minimum absolute atomic E-state index is 0.963. The molecule has 102 valence electrons. The van der Waals surface area contributed by atoms with Gasteiger partial charge in [0, 0.05) is 0 Å². The molecule has 0 saturated heterocycles. The molecule has 17 heavy (non-hydrogen) atoms. The van der Waals surface area contributed by atoms with Crippen molar-refractivity contribution in [3.05, 3.63) is 0 Å². The summed E-state index contributed by atoms with van der Waals surface area (Å²) in [5.41, 5.74) is 0. The van der Waals surface area contributed by atoms with Crippen molar-refractivity contribution in [3.8, 4) is 0 Å². The third-order valence-corrected chi connectivity index (χ3v) is 4.59. The number of hydrogen-bond acceptors (Lipinski definition) is 1. The molecule has 1 fully saturated rings. The van der Waals surface area contributed by atoms with E-state index in [1.54, 1.807) is 0 Å². The van der Waals surface area contributed by atoms with Crippen molar-refractivity contribution in [3.63, 3.8) is 0 Å². The van der Waals surface area contributed by atoms with Crippen molar-refractivity contribution in [1.29, 1.82) is 0 Å². The molecule has 1 heteroatoms. The Labute approximate surface area is 109 Å². The smallest absolute Gasteiger partial charge is 0.00209 e. The topological polar surface area (TPSA) is 12.0 Å². The van der Waals surface area contributed by atoms with Gasteiger partial charge in [-0.2, -0.15) is 0 Å². The number of unbranched alkanes of at least 4 members (excludes halogenated alkanes) is 2. The van der Waals surface area contributed by atoms with Crippen LogP contribution in [-0.2, 0) is 0 Å². The van der Waals surface area contributed by atoms with Crippen LogP contribution in [0.5, 0.6) is 0 Å². The van der Waals surface area contributed by atoms with Crippen LogP contribution >= 0.6 is 0 Å². The van der Waals surface area contributed by atoms with E-state index in [-0.39, 0.29) is 0 Å². The van der Waals surface area contributed by atoms with E-state index < -0.39 is 0 Å². The van der Waals surface area contributed by atoms with Crippen molar-refractivity contribution in [2.75, 3.05) is 13.6 Å². The molecule has 0 heterocycles. The zero-order chi connectivity index (χ0) is 12.5. The lowest BCUT2D eigenvalue weighted by molar-refractivity contribution is 0.158. The molecule has 0 aromatic carbocycles. The molecule has 1 aliphatic rings. The summed E-state index contributed by atoms with van der Waals surface area (Å²) in [6.45, 7) is 5.90. The summed E-state index contributed by atoms with van der Waals surface area (Å²) >= 11 is 0. The second kappa shape index (κ2) is 8.97. The van der Waals surface area contributed by atoms with Crippen LogP contribution in [0, 0.1) is 17.8 Å². The molecule has 0 radical (unpaired) electrons. The fourth-order valence-electron chi connectivity index (χ4n) is 3.64. The molecule has 0 amide bonds. The Balaban J connectivity index is 2.38. The summed E-state index contributed by atoms with van der Waals surface area (Å²) < 4.78 is 0. The van der Waals surface area contributed by atoms with E-state index in [1.807, 2.05) is 0 Å². The van der Waals surface area contributed by atoms with Gasteiger partial charge in [-0.3, -0.25) is 0 Å². The molecule has 0 spiro atoms. The van der Waals surface area contributed by atoms with E-state index >= 15 is 0 Å². The second-order valence-electron chi connectivity index (χ2n) is 6.04. The molecule has 1 rings (SSSR count). The van der Waals surface area contributed by atoms with Gasteiger partial charge in [-0.15, -0.1) is 0 Å². The zero-order valence-electron chi connectivity index (χ0n) is 12.3. The quantitative estimate of drug-likeness (QED) is 0.610. The largest absolute Gasteiger partial charge is 0.319 e. The monoisotopic (exact) mass is 239 g/mol. The first-order valence-corrected chi connectivity index (χ1v) is 7.96. The third-order valence-electron chi connectivity index (χ3n) is 4.59. The van der Waals surface area contributed by atoms with Crippen LogP contribution < -0.4 is 5.32 Å². The van der Waals surface area contributed by atoms with Crippen molar-refractivity contribution < 1.29 is 0 Å². The molecular formula is C16H33N. The van der Waals surface area contributed by atoms with Gasteiger partial charge in [-0.05, 0) is 44.2 Å². The Morgan fingerprint density at radius 3 is 2.41 bits per heavy atom. The van der Waals surface area contributed by atoms with Gasteiger partial charge in [0.1, 0.15) is 0 Å². The molecule has 0 aliphatic heterocycles.